The Kier molecular flexibility index (Phi) is 6.27. The second-order valence-electron chi connectivity index (χ2n) is 8.78. The monoisotopic (exact) mass is 507 g/mol. The van der Waals surface area contributed by atoms with E-state index in [4.69, 9.17) is 16.6 Å². The quantitative estimate of drug-likeness (QED) is 0.458. The zero-order valence-electron chi connectivity index (χ0n) is 20.0. The van der Waals surface area contributed by atoms with Crippen LogP contribution < -0.4 is 21.5 Å². The maximum Gasteiger partial charge on any atom is 0.332 e. The van der Waals surface area contributed by atoms with Gasteiger partial charge >= 0.3 is 11.7 Å². The minimum atomic E-state index is -0.425. The first-order valence-corrected chi connectivity index (χ1v) is 12.0. The summed E-state index contributed by atoms with van der Waals surface area (Å²) >= 11 is 6.02. The molecule has 1 fully saturated rings. The van der Waals surface area contributed by atoms with E-state index in [1.165, 1.54) is 11.6 Å². The molecule has 0 radical (unpaired) electrons. The molecule has 0 saturated carbocycles. The van der Waals surface area contributed by atoms with Crippen molar-refractivity contribution in [3.05, 3.63) is 86.0 Å². The van der Waals surface area contributed by atoms with Crippen molar-refractivity contribution in [2.75, 3.05) is 36.4 Å². The summed E-state index contributed by atoms with van der Waals surface area (Å²) in [5, 5.41) is 3.43. The van der Waals surface area contributed by atoms with Gasteiger partial charge < -0.3 is 15.1 Å². The number of carbonyl (C=O) groups is 1. The molecule has 2 aromatic carbocycles. The number of nitrogens with zero attached hydrogens (tertiary/aromatic N) is 6. The number of aromatic nitrogens is 4. The highest BCUT2D eigenvalue weighted by Crippen LogP contribution is 2.23. The van der Waals surface area contributed by atoms with E-state index in [0.717, 1.165) is 10.1 Å². The van der Waals surface area contributed by atoms with Crippen molar-refractivity contribution in [2.24, 2.45) is 14.1 Å². The standard InChI is InChI=1S/C25H26ClN7O3/c1-29-21-20(22(34)30(2)25(29)36)33(16-17-7-4-3-5-8-17)23(28-21)31-11-13-32(14-12-31)24(35)27-19-10-6-9-18(26)15-19/h3-10,15H,11-14,16H2,1-2H3,(H,27,35). The van der Waals surface area contributed by atoms with Crippen LogP contribution in [0.25, 0.3) is 11.2 Å². The number of fused-ring (bicyclic) bond motifs is 1. The normalized spacial score (nSPS) is 13.9. The topological polar surface area (TPSA) is 97.4 Å². The Morgan fingerprint density at radius 2 is 1.69 bits per heavy atom. The average Bonchev–Trinajstić information content (AvgIpc) is 3.26. The molecule has 0 aliphatic carbocycles. The largest absolute Gasteiger partial charge is 0.339 e. The second kappa shape index (κ2) is 9.54. The number of piperazine rings is 1. The molecule has 4 aromatic rings. The zero-order valence-corrected chi connectivity index (χ0v) is 20.8. The van der Waals surface area contributed by atoms with Crippen LogP contribution in [0.3, 0.4) is 0 Å². The van der Waals surface area contributed by atoms with E-state index in [9.17, 15) is 14.4 Å². The molecule has 0 bridgehead atoms. The molecule has 1 aliphatic heterocycles. The Labute approximate surface area is 211 Å². The van der Waals surface area contributed by atoms with Crippen LogP contribution in [0.4, 0.5) is 16.4 Å². The molecule has 0 atom stereocenters. The molecular formula is C25H26ClN7O3. The van der Waals surface area contributed by atoms with E-state index >= 15 is 0 Å². The van der Waals surface area contributed by atoms with Gasteiger partial charge in [-0.25, -0.2) is 9.59 Å². The number of hydrogen-bond donors (Lipinski definition) is 1. The molecule has 36 heavy (non-hydrogen) atoms. The van der Waals surface area contributed by atoms with Gasteiger partial charge in [-0.1, -0.05) is 48.0 Å². The average molecular weight is 508 g/mol. The van der Waals surface area contributed by atoms with Crippen molar-refractivity contribution in [1.29, 1.82) is 0 Å². The molecule has 0 unspecified atom stereocenters. The maximum absolute atomic E-state index is 13.1. The number of hydrogen-bond acceptors (Lipinski definition) is 5. The van der Waals surface area contributed by atoms with Crippen LogP contribution in [0.1, 0.15) is 5.56 Å². The molecule has 11 heteroatoms. The second-order valence-corrected chi connectivity index (χ2v) is 9.21. The lowest BCUT2D eigenvalue weighted by molar-refractivity contribution is 0.208. The van der Waals surface area contributed by atoms with Gasteiger partial charge in [-0.05, 0) is 23.8 Å². The molecule has 10 nitrogen and oxygen atoms in total. The maximum atomic E-state index is 13.1. The van der Waals surface area contributed by atoms with E-state index in [2.05, 4.69) is 10.2 Å². The fourth-order valence-corrected chi connectivity index (χ4v) is 4.66. The fourth-order valence-electron chi connectivity index (χ4n) is 4.47. The number of amides is 2. The Morgan fingerprint density at radius 3 is 2.39 bits per heavy atom. The summed E-state index contributed by atoms with van der Waals surface area (Å²) in [5.41, 5.74) is 1.55. The number of anilines is 2. The molecule has 1 aliphatic rings. The summed E-state index contributed by atoms with van der Waals surface area (Å²) in [6, 6.07) is 16.6. The lowest BCUT2D eigenvalue weighted by Crippen LogP contribution is -2.50. The first-order chi connectivity index (χ1) is 17.3. The third kappa shape index (κ3) is 4.35. The molecule has 1 N–H and O–H groups in total. The van der Waals surface area contributed by atoms with Crippen LogP contribution in [0, 0.1) is 0 Å². The highest BCUT2D eigenvalue weighted by atomic mass is 35.5. The molecule has 2 amide bonds. The summed E-state index contributed by atoms with van der Waals surface area (Å²) in [4.78, 5) is 47.0. The predicted octanol–water partition coefficient (Wildman–Crippen LogP) is 2.49. The van der Waals surface area contributed by atoms with E-state index in [1.54, 1.807) is 36.2 Å². The minimum absolute atomic E-state index is 0.203. The zero-order chi connectivity index (χ0) is 25.4. The summed E-state index contributed by atoms with van der Waals surface area (Å²) in [6.45, 7) is 2.41. The van der Waals surface area contributed by atoms with Crippen molar-refractivity contribution >= 4 is 40.4 Å². The van der Waals surface area contributed by atoms with Gasteiger partial charge in [0.1, 0.15) is 0 Å². The van der Waals surface area contributed by atoms with E-state index in [0.29, 0.717) is 60.5 Å². The lowest BCUT2D eigenvalue weighted by Gasteiger charge is -2.35. The molecule has 3 heterocycles. The summed E-state index contributed by atoms with van der Waals surface area (Å²) in [5.74, 6) is 0.599. The van der Waals surface area contributed by atoms with Gasteiger partial charge in [-0.3, -0.25) is 18.5 Å². The third-order valence-electron chi connectivity index (χ3n) is 6.44. The highest BCUT2D eigenvalue weighted by molar-refractivity contribution is 6.30. The van der Waals surface area contributed by atoms with E-state index < -0.39 is 5.69 Å². The molecule has 0 spiro atoms. The highest BCUT2D eigenvalue weighted by Gasteiger charge is 2.27. The Hall–Kier alpha value is -4.05. The van der Waals surface area contributed by atoms with Crippen LogP contribution in [-0.4, -0.2) is 55.8 Å². The van der Waals surface area contributed by atoms with Gasteiger partial charge in [-0.2, -0.15) is 4.98 Å². The number of carbonyl (C=O) groups excluding carboxylic acids is 1. The van der Waals surface area contributed by atoms with Crippen molar-refractivity contribution in [3.8, 4) is 0 Å². The van der Waals surface area contributed by atoms with Crippen molar-refractivity contribution in [1.82, 2.24) is 23.6 Å². The Balaban J connectivity index is 1.44. The molecular weight excluding hydrogens is 482 g/mol. The SMILES string of the molecule is Cn1c(=O)c2c(nc(N3CCN(C(=O)Nc4cccc(Cl)c4)CC3)n2Cc2ccccc2)n(C)c1=O. The van der Waals surface area contributed by atoms with Gasteiger partial charge in [0.2, 0.25) is 5.95 Å². The first kappa shape index (κ1) is 23.7. The van der Waals surface area contributed by atoms with Crippen LogP contribution in [0.5, 0.6) is 0 Å². The molecule has 186 valence electrons. The number of urea groups is 1. The van der Waals surface area contributed by atoms with Crippen LogP contribution in [0.2, 0.25) is 5.02 Å². The van der Waals surface area contributed by atoms with Crippen LogP contribution >= 0.6 is 11.6 Å². The van der Waals surface area contributed by atoms with E-state index in [-0.39, 0.29) is 11.6 Å². The number of rotatable bonds is 4. The summed E-state index contributed by atoms with van der Waals surface area (Å²) < 4.78 is 4.37. The van der Waals surface area contributed by atoms with Crippen LogP contribution in [0.15, 0.2) is 64.2 Å². The first-order valence-electron chi connectivity index (χ1n) is 11.6. The van der Waals surface area contributed by atoms with Gasteiger partial charge in [0, 0.05) is 51.0 Å². The van der Waals surface area contributed by atoms with Gasteiger partial charge in [-0.15, -0.1) is 0 Å². The molecule has 5 rings (SSSR count). The molecule has 1 saturated heterocycles. The minimum Gasteiger partial charge on any atom is -0.339 e. The Morgan fingerprint density at radius 1 is 0.972 bits per heavy atom. The van der Waals surface area contributed by atoms with Gasteiger partial charge in [0.05, 0.1) is 6.54 Å². The number of halogens is 1. The smallest absolute Gasteiger partial charge is 0.332 e. The lowest BCUT2D eigenvalue weighted by atomic mass is 10.2. The van der Waals surface area contributed by atoms with Crippen molar-refractivity contribution in [2.45, 2.75) is 6.54 Å². The van der Waals surface area contributed by atoms with Gasteiger partial charge in [0.15, 0.2) is 11.2 Å². The van der Waals surface area contributed by atoms with Crippen molar-refractivity contribution < 1.29 is 4.79 Å². The third-order valence-corrected chi connectivity index (χ3v) is 6.67. The van der Waals surface area contributed by atoms with Crippen molar-refractivity contribution in [3.63, 3.8) is 0 Å². The molecule has 2 aromatic heterocycles. The van der Waals surface area contributed by atoms with Gasteiger partial charge in [0.25, 0.3) is 5.56 Å². The number of aryl methyl sites for hydroxylation is 1. The Bertz CT molecular complexity index is 1550. The predicted molar refractivity (Wildman–Crippen MR) is 140 cm³/mol. The van der Waals surface area contributed by atoms with Crippen LogP contribution in [-0.2, 0) is 20.6 Å². The number of benzene rings is 2. The number of nitrogens with one attached hydrogen (secondary N) is 1. The fraction of sp³-hybridized carbons (Fsp3) is 0.280. The summed E-state index contributed by atoms with van der Waals surface area (Å²) in [7, 11) is 3.09. The number of imidazole rings is 1. The van der Waals surface area contributed by atoms with E-state index in [1.807, 2.05) is 34.9 Å². The summed E-state index contributed by atoms with van der Waals surface area (Å²) in [6.07, 6.45) is 0.